The fraction of sp³-hybridized carbons (Fsp3) is 0.524. The maximum absolute atomic E-state index is 13.1. The molecule has 1 aromatic heterocycles. The lowest BCUT2D eigenvalue weighted by Crippen LogP contribution is -2.52. The lowest BCUT2D eigenvalue weighted by Gasteiger charge is -2.38. The summed E-state index contributed by atoms with van der Waals surface area (Å²) in [6, 6.07) is 5.79. The lowest BCUT2D eigenvalue weighted by molar-refractivity contribution is 0.0572. The van der Waals surface area contributed by atoms with Crippen molar-refractivity contribution in [1.82, 2.24) is 14.8 Å². The van der Waals surface area contributed by atoms with Crippen molar-refractivity contribution in [1.29, 1.82) is 5.26 Å². The quantitative estimate of drug-likeness (QED) is 0.801. The monoisotopic (exact) mass is 400 g/mol. The summed E-state index contributed by atoms with van der Waals surface area (Å²) in [6.07, 6.45) is 0. The van der Waals surface area contributed by atoms with E-state index in [0.29, 0.717) is 54.6 Å². The predicted octanol–water partition coefficient (Wildman–Crippen LogP) is 2.50. The number of aromatic nitrogens is 1. The first-order chi connectivity index (χ1) is 13.9. The van der Waals surface area contributed by atoms with Crippen molar-refractivity contribution in [3.8, 4) is 23.3 Å². The van der Waals surface area contributed by atoms with E-state index < -0.39 is 0 Å². The number of methoxy groups -OCH3 is 3. The molecule has 0 spiro atoms. The van der Waals surface area contributed by atoms with Gasteiger partial charge < -0.3 is 24.1 Å². The molecule has 29 heavy (non-hydrogen) atoms. The third kappa shape index (κ3) is 3.83. The van der Waals surface area contributed by atoms with E-state index in [1.54, 1.807) is 33.5 Å². The average molecular weight is 400 g/mol. The van der Waals surface area contributed by atoms with Gasteiger partial charge in [-0.3, -0.25) is 9.69 Å². The molecule has 0 aliphatic carbocycles. The van der Waals surface area contributed by atoms with Gasteiger partial charge in [0.2, 0.25) is 0 Å². The van der Waals surface area contributed by atoms with Crippen molar-refractivity contribution in [2.45, 2.75) is 19.9 Å². The highest BCUT2D eigenvalue weighted by molar-refractivity contribution is 6.02. The van der Waals surface area contributed by atoms with Crippen LogP contribution in [0.4, 0.5) is 0 Å². The number of nitriles is 1. The van der Waals surface area contributed by atoms with E-state index in [-0.39, 0.29) is 17.9 Å². The van der Waals surface area contributed by atoms with Crippen molar-refractivity contribution < 1.29 is 19.0 Å². The van der Waals surface area contributed by atoms with Crippen LogP contribution in [0.2, 0.25) is 0 Å². The summed E-state index contributed by atoms with van der Waals surface area (Å²) in [5, 5.41) is 10.2. The van der Waals surface area contributed by atoms with Crippen LogP contribution in [0.15, 0.2) is 12.1 Å². The number of ether oxygens (including phenoxy) is 3. The van der Waals surface area contributed by atoms with Crippen LogP contribution in [0, 0.1) is 17.2 Å². The van der Waals surface area contributed by atoms with Crippen LogP contribution in [0.1, 0.15) is 24.3 Å². The van der Waals surface area contributed by atoms with Crippen molar-refractivity contribution in [2.24, 2.45) is 5.92 Å². The molecule has 2 aromatic rings. The van der Waals surface area contributed by atoms with E-state index in [0.717, 1.165) is 5.39 Å². The molecule has 0 radical (unpaired) electrons. The van der Waals surface area contributed by atoms with Crippen LogP contribution in [-0.4, -0.2) is 74.2 Å². The number of aromatic amines is 1. The minimum atomic E-state index is -0.124. The molecule has 8 heteroatoms. The third-order valence-electron chi connectivity index (χ3n) is 5.43. The fourth-order valence-corrected chi connectivity index (χ4v) is 3.88. The highest BCUT2D eigenvalue weighted by Gasteiger charge is 2.29. The van der Waals surface area contributed by atoms with Gasteiger partial charge in [-0.25, -0.2) is 0 Å². The Morgan fingerprint density at radius 2 is 1.72 bits per heavy atom. The largest absolute Gasteiger partial charge is 0.496 e. The van der Waals surface area contributed by atoms with Gasteiger partial charge in [0, 0.05) is 37.6 Å². The molecule has 8 nitrogen and oxygen atoms in total. The molecule has 0 saturated carbocycles. The zero-order chi connectivity index (χ0) is 21.1. The Morgan fingerprint density at radius 3 is 2.24 bits per heavy atom. The number of hydrogen-bond acceptors (Lipinski definition) is 6. The van der Waals surface area contributed by atoms with Crippen molar-refractivity contribution in [3.05, 3.63) is 17.8 Å². The molecular formula is C21H28N4O4. The molecule has 1 aromatic carbocycles. The molecule has 1 N–H and O–H groups in total. The summed E-state index contributed by atoms with van der Waals surface area (Å²) in [5.41, 5.74) is 1.13. The number of piperazine rings is 1. The van der Waals surface area contributed by atoms with E-state index in [2.05, 4.69) is 16.0 Å². The molecular weight excluding hydrogens is 372 g/mol. The molecule has 2 heterocycles. The number of fused-ring (bicyclic) bond motifs is 1. The van der Waals surface area contributed by atoms with E-state index >= 15 is 0 Å². The van der Waals surface area contributed by atoms with E-state index in [1.165, 1.54) is 0 Å². The number of rotatable bonds is 6. The normalized spacial score (nSPS) is 16.0. The highest BCUT2D eigenvalue weighted by Crippen LogP contribution is 2.41. The Balaban J connectivity index is 1.84. The molecule has 1 amide bonds. The van der Waals surface area contributed by atoms with Crippen molar-refractivity contribution in [2.75, 3.05) is 47.5 Å². The van der Waals surface area contributed by atoms with Gasteiger partial charge in [-0.2, -0.15) is 5.26 Å². The smallest absolute Gasteiger partial charge is 0.270 e. The highest BCUT2D eigenvalue weighted by atomic mass is 16.5. The first-order valence-corrected chi connectivity index (χ1v) is 9.69. The second kappa shape index (κ2) is 8.62. The Hall–Kier alpha value is -2.92. The fourth-order valence-electron chi connectivity index (χ4n) is 3.88. The Labute approximate surface area is 170 Å². The molecule has 1 fully saturated rings. The van der Waals surface area contributed by atoms with E-state index in [1.807, 2.05) is 18.7 Å². The minimum Gasteiger partial charge on any atom is -0.496 e. The van der Waals surface area contributed by atoms with E-state index in [4.69, 9.17) is 14.2 Å². The van der Waals surface area contributed by atoms with Gasteiger partial charge in [0.1, 0.15) is 17.5 Å². The molecule has 1 unspecified atom stereocenters. The molecule has 1 aliphatic heterocycles. The number of hydrogen-bond donors (Lipinski definition) is 1. The number of carbonyl (C=O) groups is 1. The standard InChI is InChI=1S/C21H28N4O4/c1-13(2)16(12-22)24-6-8-25(9-7-24)21(26)15-10-14-17(27-3)11-18(28-4)20(29-5)19(14)23-15/h10-11,13,16,23H,6-9H2,1-5H3. The number of amides is 1. The lowest BCUT2D eigenvalue weighted by atomic mass is 10.0. The van der Waals surface area contributed by atoms with Crippen LogP contribution < -0.4 is 14.2 Å². The number of benzene rings is 1. The van der Waals surface area contributed by atoms with Crippen LogP contribution in [0.3, 0.4) is 0 Å². The third-order valence-corrected chi connectivity index (χ3v) is 5.43. The maximum Gasteiger partial charge on any atom is 0.270 e. The summed E-state index contributed by atoms with van der Waals surface area (Å²) >= 11 is 0. The number of nitrogens with one attached hydrogen (secondary N) is 1. The second-order valence-electron chi connectivity index (χ2n) is 7.43. The minimum absolute atomic E-state index is 0.0815. The summed E-state index contributed by atoms with van der Waals surface area (Å²) in [5.74, 6) is 1.84. The number of nitrogens with zero attached hydrogens (tertiary/aromatic N) is 3. The molecule has 1 aliphatic rings. The molecule has 3 rings (SSSR count). The SMILES string of the molecule is COc1cc(OC)c2cc(C(=O)N3CCN(C(C#N)C(C)C)CC3)[nH]c2c1OC. The summed E-state index contributed by atoms with van der Waals surface area (Å²) in [7, 11) is 4.70. The summed E-state index contributed by atoms with van der Waals surface area (Å²) in [4.78, 5) is 20.2. The predicted molar refractivity (Wildman–Crippen MR) is 110 cm³/mol. The maximum atomic E-state index is 13.1. The van der Waals surface area contributed by atoms with Gasteiger partial charge in [0.05, 0.1) is 32.9 Å². The van der Waals surface area contributed by atoms with Gasteiger partial charge in [0.15, 0.2) is 11.5 Å². The average Bonchev–Trinajstić information content (AvgIpc) is 3.18. The van der Waals surface area contributed by atoms with Gasteiger partial charge in [0.25, 0.3) is 5.91 Å². The van der Waals surface area contributed by atoms with E-state index in [9.17, 15) is 10.1 Å². The molecule has 156 valence electrons. The Bertz CT molecular complexity index is 923. The summed E-state index contributed by atoms with van der Waals surface area (Å²) in [6.45, 7) is 6.62. The Kier molecular flexibility index (Phi) is 6.18. The van der Waals surface area contributed by atoms with Gasteiger partial charge in [-0.1, -0.05) is 13.8 Å². The Morgan fingerprint density at radius 1 is 1.07 bits per heavy atom. The first kappa shape index (κ1) is 20.8. The zero-order valence-corrected chi connectivity index (χ0v) is 17.6. The van der Waals surface area contributed by atoms with Crippen molar-refractivity contribution >= 4 is 16.8 Å². The number of H-pyrrole nitrogens is 1. The zero-order valence-electron chi connectivity index (χ0n) is 17.6. The topological polar surface area (TPSA) is 90.8 Å². The van der Waals surface area contributed by atoms with Crippen LogP contribution >= 0.6 is 0 Å². The first-order valence-electron chi connectivity index (χ1n) is 9.69. The second-order valence-corrected chi connectivity index (χ2v) is 7.43. The van der Waals surface area contributed by atoms with Crippen molar-refractivity contribution in [3.63, 3.8) is 0 Å². The van der Waals surface area contributed by atoms with Gasteiger partial charge in [-0.15, -0.1) is 0 Å². The summed E-state index contributed by atoms with van der Waals surface area (Å²) < 4.78 is 16.3. The van der Waals surface area contributed by atoms with Crippen LogP contribution in [0.25, 0.3) is 10.9 Å². The number of carbonyl (C=O) groups excluding carboxylic acids is 1. The van der Waals surface area contributed by atoms with Crippen LogP contribution in [-0.2, 0) is 0 Å². The van der Waals surface area contributed by atoms with Gasteiger partial charge >= 0.3 is 0 Å². The molecule has 1 saturated heterocycles. The van der Waals surface area contributed by atoms with Gasteiger partial charge in [-0.05, 0) is 12.0 Å². The van der Waals surface area contributed by atoms with Crippen LogP contribution in [0.5, 0.6) is 17.2 Å². The molecule has 0 bridgehead atoms. The molecule has 1 atom stereocenters.